The molecule has 7 nitrogen and oxygen atoms in total. The Morgan fingerprint density at radius 1 is 1.26 bits per heavy atom. The zero-order chi connectivity index (χ0) is 22.4. The minimum Gasteiger partial charge on any atom is -0.369 e. The van der Waals surface area contributed by atoms with Crippen molar-refractivity contribution in [2.24, 2.45) is 5.92 Å². The predicted molar refractivity (Wildman–Crippen MR) is 128 cm³/mol. The molecule has 166 valence electrons. The van der Waals surface area contributed by atoms with Crippen LogP contribution in [0.5, 0.6) is 0 Å². The first kappa shape index (κ1) is 23.6. The van der Waals surface area contributed by atoms with Crippen molar-refractivity contribution in [1.82, 2.24) is 25.1 Å². The Kier molecular flexibility index (Phi) is 8.40. The van der Waals surface area contributed by atoms with Gasteiger partial charge in [0, 0.05) is 23.9 Å². The van der Waals surface area contributed by atoms with Crippen molar-refractivity contribution >= 4 is 57.7 Å². The monoisotopic (exact) mass is 480 g/mol. The lowest BCUT2D eigenvalue weighted by atomic mass is 10.2. The van der Waals surface area contributed by atoms with Crippen LogP contribution < -0.4 is 10.6 Å². The van der Waals surface area contributed by atoms with E-state index in [1.54, 1.807) is 40.8 Å². The normalized spacial score (nSPS) is 11.3. The van der Waals surface area contributed by atoms with Crippen LogP contribution in [0.15, 0.2) is 29.6 Å². The lowest BCUT2D eigenvalue weighted by Gasteiger charge is -2.11. The molecule has 3 aromatic rings. The molecule has 0 aliphatic rings. The number of rotatable bonds is 10. The van der Waals surface area contributed by atoms with Crippen molar-refractivity contribution in [1.29, 1.82) is 0 Å². The fourth-order valence-corrected chi connectivity index (χ4v) is 4.02. The van der Waals surface area contributed by atoms with E-state index in [-0.39, 0.29) is 5.91 Å². The molecule has 2 heterocycles. The summed E-state index contributed by atoms with van der Waals surface area (Å²) in [7, 11) is 0. The molecule has 0 saturated carbocycles. The standard InChI is InChI=1S/C21H26Cl2N6OS/c1-4-9-31-21-27-18(25-11-13(2)3)16-12-26-29(19(16)28-21)8-7-24-20(30)15-6-5-14(22)10-17(15)23/h5-6,10,12-13H,4,7-9,11H2,1-3H3,(H,24,30)(H,25,27,28). The van der Waals surface area contributed by atoms with E-state index in [2.05, 4.69) is 41.5 Å². The van der Waals surface area contributed by atoms with Gasteiger partial charge in [0.25, 0.3) is 5.91 Å². The van der Waals surface area contributed by atoms with Crippen LogP contribution in [0.4, 0.5) is 5.82 Å². The zero-order valence-electron chi connectivity index (χ0n) is 17.8. The van der Waals surface area contributed by atoms with Crippen LogP contribution >= 0.6 is 35.0 Å². The second-order valence-corrected chi connectivity index (χ2v) is 9.37. The van der Waals surface area contributed by atoms with E-state index in [1.807, 2.05) is 0 Å². The van der Waals surface area contributed by atoms with Crippen LogP contribution in [-0.4, -0.2) is 44.5 Å². The van der Waals surface area contributed by atoms with E-state index in [0.29, 0.717) is 34.6 Å². The number of benzene rings is 1. The highest BCUT2D eigenvalue weighted by Crippen LogP contribution is 2.25. The van der Waals surface area contributed by atoms with Gasteiger partial charge in [-0.1, -0.05) is 55.7 Å². The molecule has 3 rings (SSSR count). The number of nitrogens with zero attached hydrogens (tertiary/aromatic N) is 4. The minimum atomic E-state index is -0.258. The van der Waals surface area contributed by atoms with Crippen LogP contribution in [0.1, 0.15) is 37.6 Å². The molecule has 0 saturated heterocycles. The number of anilines is 1. The van der Waals surface area contributed by atoms with Crippen LogP contribution in [-0.2, 0) is 6.54 Å². The van der Waals surface area contributed by atoms with Crippen LogP contribution in [0, 0.1) is 5.92 Å². The molecule has 1 aromatic carbocycles. The second kappa shape index (κ2) is 11.0. The first-order valence-electron chi connectivity index (χ1n) is 10.2. The maximum absolute atomic E-state index is 12.4. The summed E-state index contributed by atoms with van der Waals surface area (Å²) in [6.07, 6.45) is 2.81. The van der Waals surface area contributed by atoms with Crippen molar-refractivity contribution in [3.8, 4) is 0 Å². The summed E-state index contributed by atoms with van der Waals surface area (Å²) in [5.74, 6) is 1.97. The molecule has 0 unspecified atom stereocenters. The molecular weight excluding hydrogens is 455 g/mol. The Labute approximate surface area is 196 Å². The number of nitrogens with one attached hydrogen (secondary N) is 2. The number of aromatic nitrogens is 4. The molecule has 1 amide bonds. The van der Waals surface area contributed by atoms with Gasteiger partial charge in [-0.15, -0.1) is 0 Å². The number of fused-ring (bicyclic) bond motifs is 1. The molecule has 0 aliphatic heterocycles. The number of halogens is 2. The van der Waals surface area contributed by atoms with E-state index < -0.39 is 0 Å². The number of amides is 1. The maximum atomic E-state index is 12.4. The highest BCUT2D eigenvalue weighted by atomic mass is 35.5. The summed E-state index contributed by atoms with van der Waals surface area (Å²) in [6.45, 7) is 8.09. The number of hydrogen-bond acceptors (Lipinski definition) is 6. The summed E-state index contributed by atoms with van der Waals surface area (Å²) < 4.78 is 1.79. The van der Waals surface area contributed by atoms with Crippen LogP contribution in [0.3, 0.4) is 0 Å². The van der Waals surface area contributed by atoms with E-state index in [1.165, 1.54) is 0 Å². The SMILES string of the molecule is CCCSc1nc(NCC(C)C)c2cnn(CCNC(=O)c3ccc(Cl)cc3Cl)c2n1. The number of carbonyl (C=O) groups is 1. The maximum Gasteiger partial charge on any atom is 0.252 e. The van der Waals surface area contributed by atoms with Crippen molar-refractivity contribution < 1.29 is 4.79 Å². The molecule has 2 N–H and O–H groups in total. The Morgan fingerprint density at radius 3 is 2.77 bits per heavy atom. The van der Waals surface area contributed by atoms with Gasteiger partial charge in [0.2, 0.25) is 0 Å². The lowest BCUT2D eigenvalue weighted by molar-refractivity contribution is 0.0952. The van der Waals surface area contributed by atoms with E-state index in [4.69, 9.17) is 28.2 Å². The smallest absolute Gasteiger partial charge is 0.252 e. The molecule has 0 spiro atoms. The first-order valence-corrected chi connectivity index (χ1v) is 12.0. The summed E-state index contributed by atoms with van der Waals surface area (Å²) in [5.41, 5.74) is 1.13. The molecule has 31 heavy (non-hydrogen) atoms. The van der Waals surface area contributed by atoms with Crippen molar-refractivity contribution in [2.75, 3.05) is 24.2 Å². The fourth-order valence-electron chi connectivity index (χ4n) is 2.84. The van der Waals surface area contributed by atoms with Gasteiger partial charge in [0.1, 0.15) is 5.82 Å². The molecular formula is C21H26Cl2N6OS. The lowest BCUT2D eigenvalue weighted by Crippen LogP contribution is -2.27. The minimum absolute atomic E-state index is 0.258. The van der Waals surface area contributed by atoms with E-state index >= 15 is 0 Å². The summed E-state index contributed by atoms with van der Waals surface area (Å²) in [5, 5.41) is 13.2. The number of hydrogen-bond donors (Lipinski definition) is 2. The van der Waals surface area contributed by atoms with Gasteiger partial charge in [-0.25, -0.2) is 14.6 Å². The van der Waals surface area contributed by atoms with Gasteiger partial charge in [-0.05, 0) is 30.5 Å². The summed E-state index contributed by atoms with van der Waals surface area (Å²) in [6, 6.07) is 4.80. The van der Waals surface area contributed by atoms with Gasteiger partial charge < -0.3 is 10.6 Å². The predicted octanol–water partition coefficient (Wildman–Crippen LogP) is 5.13. The molecule has 0 fully saturated rings. The summed E-state index contributed by atoms with van der Waals surface area (Å²) in [4.78, 5) is 21.8. The third-order valence-electron chi connectivity index (χ3n) is 4.37. The van der Waals surface area contributed by atoms with Crippen LogP contribution in [0.25, 0.3) is 11.0 Å². The molecule has 0 aliphatic carbocycles. The first-order chi connectivity index (χ1) is 14.9. The molecule has 0 bridgehead atoms. The Hall–Kier alpha value is -2.03. The van der Waals surface area contributed by atoms with Crippen molar-refractivity contribution in [3.05, 3.63) is 40.0 Å². The topological polar surface area (TPSA) is 84.7 Å². The van der Waals surface area contributed by atoms with E-state index in [9.17, 15) is 4.79 Å². The van der Waals surface area contributed by atoms with Crippen molar-refractivity contribution in [3.63, 3.8) is 0 Å². The van der Waals surface area contributed by atoms with Gasteiger partial charge in [-0.3, -0.25) is 4.79 Å². The number of thioether (sulfide) groups is 1. The van der Waals surface area contributed by atoms with Gasteiger partial charge in [0.05, 0.1) is 28.7 Å². The quantitative estimate of drug-likeness (QED) is 0.308. The highest BCUT2D eigenvalue weighted by Gasteiger charge is 2.15. The highest BCUT2D eigenvalue weighted by molar-refractivity contribution is 7.99. The van der Waals surface area contributed by atoms with Gasteiger partial charge >= 0.3 is 0 Å². The average Bonchev–Trinajstić information content (AvgIpc) is 3.13. The largest absolute Gasteiger partial charge is 0.369 e. The van der Waals surface area contributed by atoms with Crippen molar-refractivity contribution in [2.45, 2.75) is 38.9 Å². The van der Waals surface area contributed by atoms with E-state index in [0.717, 1.165) is 40.7 Å². The third kappa shape index (κ3) is 6.24. The third-order valence-corrected chi connectivity index (χ3v) is 5.97. The molecule has 2 aromatic heterocycles. The van der Waals surface area contributed by atoms with Gasteiger partial charge in [0.15, 0.2) is 10.8 Å². The molecule has 10 heteroatoms. The Morgan fingerprint density at radius 2 is 2.06 bits per heavy atom. The Balaban J connectivity index is 1.75. The number of carbonyl (C=O) groups excluding carboxylic acids is 1. The fraction of sp³-hybridized carbons (Fsp3) is 0.429. The zero-order valence-corrected chi connectivity index (χ0v) is 20.1. The van der Waals surface area contributed by atoms with Gasteiger partial charge in [-0.2, -0.15) is 5.10 Å². The Bertz CT molecular complexity index is 1060. The van der Waals surface area contributed by atoms with Crippen LogP contribution in [0.2, 0.25) is 10.0 Å². The summed E-state index contributed by atoms with van der Waals surface area (Å²) >= 11 is 13.6. The molecule has 0 atom stereocenters. The molecule has 0 radical (unpaired) electrons. The second-order valence-electron chi connectivity index (χ2n) is 7.46. The average molecular weight is 481 g/mol.